The number of anilines is 1. The minimum atomic E-state index is -3.80. The molecule has 1 rings (SSSR count). The predicted octanol–water partition coefficient (Wildman–Crippen LogP) is 0.824. The van der Waals surface area contributed by atoms with Gasteiger partial charge in [0.2, 0.25) is 0 Å². The van der Waals surface area contributed by atoms with E-state index >= 15 is 0 Å². The summed E-state index contributed by atoms with van der Waals surface area (Å²) in [6.45, 7) is 2.99. The van der Waals surface area contributed by atoms with Crippen molar-refractivity contribution >= 4 is 15.9 Å². The Balaban J connectivity index is 2.92. The number of hydrogen-bond acceptors (Lipinski definition) is 3. The Kier molecular flexibility index (Phi) is 5.30. The fourth-order valence-corrected chi connectivity index (χ4v) is 2.44. The monoisotopic (exact) mass is 286 g/mol. The van der Waals surface area contributed by atoms with Gasteiger partial charge in [-0.1, -0.05) is 11.8 Å². The van der Waals surface area contributed by atoms with Gasteiger partial charge in [0, 0.05) is 11.6 Å². The predicted molar refractivity (Wildman–Crippen MR) is 71.2 cm³/mol. The number of halogens is 1. The van der Waals surface area contributed by atoms with E-state index in [1.54, 1.807) is 13.8 Å². The Hall–Kier alpha value is -1.62. The van der Waals surface area contributed by atoms with E-state index in [2.05, 4.69) is 21.3 Å². The molecular formula is C12H15FN2O3S. The molecule has 0 aliphatic carbocycles. The first-order chi connectivity index (χ1) is 8.84. The van der Waals surface area contributed by atoms with E-state index in [0.29, 0.717) is 5.56 Å². The molecule has 0 saturated heterocycles. The lowest BCUT2D eigenvalue weighted by atomic mass is 10.2. The summed E-state index contributed by atoms with van der Waals surface area (Å²) in [5, 5.41) is 8.52. The molecule has 0 unspecified atom stereocenters. The van der Waals surface area contributed by atoms with Crippen LogP contribution in [-0.4, -0.2) is 26.2 Å². The van der Waals surface area contributed by atoms with E-state index in [4.69, 9.17) is 5.11 Å². The normalized spacial score (nSPS) is 11.0. The highest BCUT2D eigenvalue weighted by Crippen LogP contribution is 2.16. The Labute approximate surface area is 112 Å². The highest BCUT2D eigenvalue weighted by Gasteiger charge is 2.13. The van der Waals surface area contributed by atoms with Crippen LogP contribution in [0.15, 0.2) is 18.2 Å². The summed E-state index contributed by atoms with van der Waals surface area (Å²) in [4.78, 5) is 0. The number of aliphatic hydroxyl groups is 1. The number of nitrogens with one attached hydrogen (secondary N) is 2. The van der Waals surface area contributed by atoms with Crippen molar-refractivity contribution in [3.05, 3.63) is 29.6 Å². The van der Waals surface area contributed by atoms with Crippen molar-refractivity contribution in [2.45, 2.75) is 19.9 Å². The lowest BCUT2D eigenvalue weighted by molar-refractivity contribution is 0.350. The zero-order chi connectivity index (χ0) is 14.5. The maximum absolute atomic E-state index is 13.7. The third-order valence-electron chi connectivity index (χ3n) is 1.92. The number of aliphatic hydroxyl groups excluding tert-OH is 1. The molecule has 3 N–H and O–H groups in total. The lowest BCUT2D eigenvalue weighted by Gasteiger charge is -2.12. The van der Waals surface area contributed by atoms with Gasteiger partial charge < -0.3 is 5.11 Å². The number of rotatable bonds is 4. The summed E-state index contributed by atoms with van der Waals surface area (Å²) in [5.74, 6) is 4.16. The largest absolute Gasteiger partial charge is 0.384 e. The molecule has 19 heavy (non-hydrogen) atoms. The van der Waals surface area contributed by atoms with E-state index in [1.165, 1.54) is 12.1 Å². The molecule has 0 spiro atoms. The molecule has 0 heterocycles. The fourth-order valence-electron chi connectivity index (χ4n) is 1.30. The molecular weight excluding hydrogens is 271 g/mol. The van der Waals surface area contributed by atoms with Gasteiger partial charge in [0.05, 0.1) is 5.69 Å². The third kappa shape index (κ3) is 5.26. The second-order valence-corrected chi connectivity index (χ2v) is 5.48. The van der Waals surface area contributed by atoms with Crippen molar-refractivity contribution in [2.75, 3.05) is 11.3 Å². The standard InChI is InChI=1S/C12H15FN2O3S/c1-9(2)14-19(17,18)15-12-6-5-10(4-3-7-16)8-11(12)13/h5-6,8-9,14-16H,7H2,1-2H3. The maximum Gasteiger partial charge on any atom is 0.299 e. The number of hydrogen-bond donors (Lipinski definition) is 3. The molecule has 5 nitrogen and oxygen atoms in total. The summed E-state index contributed by atoms with van der Waals surface area (Å²) < 4.78 is 41.2. The highest BCUT2D eigenvalue weighted by molar-refractivity contribution is 7.90. The fraction of sp³-hybridized carbons (Fsp3) is 0.333. The van der Waals surface area contributed by atoms with Crippen molar-refractivity contribution < 1.29 is 17.9 Å². The van der Waals surface area contributed by atoms with Crippen LogP contribution >= 0.6 is 0 Å². The average Bonchev–Trinajstić information content (AvgIpc) is 2.27. The molecule has 7 heteroatoms. The van der Waals surface area contributed by atoms with Gasteiger partial charge in [-0.05, 0) is 32.0 Å². The van der Waals surface area contributed by atoms with Crippen LogP contribution in [-0.2, 0) is 10.2 Å². The molecule has 0 aliphatic heterocycles. The summed E-state index contributed by atoms with van der Waals surface area (Å²) in [5.41, 5.74) is 0.189. The average molecular weight is 286 g/mol. The Morgan fingerprint density at radius 1 is 1.42 bits per heavy atom. The summed E-state index contributed by atoms with van der Waals surface area (Å²) in [7, 11) is -3.80. The minimum absolute atomic E-state index is 0.164. The van der Waals surface area contributed by atoms with Crippen molar-refractivity contribution in [1.29, 1.82) is 0 Å². The smallest absolute Gasteiger partial charge is 0.299 e. The molecule has 1 aromatic carbocycles. The van der Waals surface area contributed by atoms with Crippen LogP contribution in [0.2, 0.25) is 0 Å². The molecule has 0 atom stereocenters. The number of benzene rings is 1. The van der Waals surface area contributed by atoms with Crippen LogP contribution in [0.5, 0.6) is 0 Å². The minimum Gasteiger partial charge on any atom is -0.384 e. The quantitative estimate of drug-likeness (QED) is 0.717. The van der Waals surface area contributed by atoms with Crippen LogP contribution in [0.25, 0.3) is 0 Å². The van der Waals surface area contributed by atoms with E-state index in [-0.39, 0.29) is 18.3 Å². The van der Waals surface area contributed by atoms with Crippen LogP contribution in [0.1, 0.15) is 19.4 Å². The van der Waals surface area contributed by atoms with Gasteiger partial charge in [-0.2, -0.15) is 13.1 Å². The van der Waals surface area contributed by atoms with Crippen molar-refractivity contribution in [1.82, 2.24) is 4.72 Å². The van der Waals surface area contributed by atoms with Gasteiger partial charge in [-0.25, -0.2) is 4.39 Å². The van der Waals surface area contributed by atoms with Crippen molar-refractivity contribution in [2.24, 2.45) is 0 Å². The zero-order valence-corrected chi connectivity index (χ0v) is 11.4. The van der Waals surface area contributed by atoms with E-state index in [0.717, 1.165) is 6.07 Å². The molecule has 0 aliphatic rings. The Morgan fingerprint density at radius 2 is 2.11 bits per heavy atom. The molecule has 1 aromatic rings. The summed E-state index contributed by atoms with van der Waals surface area (Å²) >= 11 is 0. The van der Waals surface area contributed by atoms with Crippen molar-refractivity contribution in [3.63, 3.8) is 0 Å². The second-order valence-electron chi connectivity index (χ2n) is 4.03. The first-order valence-electron chi connectivity index (χ1n) is 5.53. The van der Waals surface area contributed by atoms with E-state index in [1.807, 2.05) is 0 Å². The molecule has 0 saturated carbocycles. The molecule has 0 fully saturated rings. The molecule has 0 radical (unpaired) electrons. The Bertz CT molecular complexity index is 603. The highest BCUT2D eigenvalue weighted by atomic mass is 32.2. The lowest BCUT2D eigenvalue weighted by Crippen LogP contribution is -2.35. The third-order valence-corrected chi connectivity index (χ3v) is 3.19. The first-order valence-corrected chi connectivity index (χ1v) is 7.01. The molecule has 0 amide bonds. The van der Waals surface area contributed by atoms with Gasteiger partial charge in [0.1, 0.15) is 12.4 Å². The van der Waals surface area contributed by atoms with Crippen LogP contribution < -0.4 is 9.44 Å². The summed E-state index contributed by atoms with van der Waals surface area (Å²) in [6.07, 6.45) is 0. The first kappa shape index (κ1) is 15.4. The van der Waals surface area contributed by atoms with Gasteiger partial charge in [0.15, 0.2) is 0 Å². The zero-order valence-electron chi connectivity index (χ0n) is 10.6. The summed E-state index contributed by atoms with van der Waals surface area (Å²) in [6, 6.07) is 3.53. The topological polar surface area (TPSA) is 78.4 Å². The van der Waals surface area contributed by atoms with Crippen LogP contribution in [0, 0.1) is 17.7 Å². The maximum atomic E-state index is 13.7. The van der Waals surface area contributed by atoms with Crippen LogP contribution in [0.4, 0.5) is 10.1 Å². The molecule has 104 valence electrons. The van der Waals surface area contributed by atoms with E-state index in [9.17, 15) is 12.8 Å². The van der Waals surface area contributed by atoms with Gasteiger partial charge >= 0.3 is 0 Å². The van der Waals surface area contributed by atoms with Crippen molar-refractivity contribution in [3.8, 4) is 11.8 Å². The Morgan fingerprint density at radius 3 is 2.63 bits per heavy atom. The SMILES string of the molecule is CC(C)NS(=O)(=O)Nc1ccc(C#CCO)cc1F. The van der Waals surface area contributed by atoms with E-state index < -0.39 is 16.0 Å². The van der Waals surface area contributed by atoms with Gasteiger partial charge in [-0.3, -0.25) is 4.72 Å². The molecule has 0 bridgehead atoms. The van der Waals surface area contributed by atoms with Crippen LogP contribution in [0.3, 0.4) is 0 Å². The molecule has 0 aromatic heterocycles. The van der Waals surface area contributed by atoms with Gasteiger partial charge in [-0.15, -0.1) is 0 Å². The second kappa shape index (κ2) is 6.52. The van der Waals surface area contributed by atoms with Gasteiger partial charge in [0.25, 0.3) is 10.2 Å².